The number of carbonyl (C=O) groups excluding carboxylic acids is 1. The van der Waals surface area contributed by atoms with Crippen molar-refractivity contribution in [1.29, 1.82) is 0 Å². The molecule has 21 heavy (non-hydrogen) atoms. The molecule has 1 aromatic carbocycles. The van der Waals surface area contributed by atoms with Crippen molar-refractivity contribution < 1.29 is 24.5 Å². The molecule has 6 heteroatoms. The predicted molar refractivity (Wildman–Crippen MR) is 75.6 cm³/mol. The number of amides is 1. The summed E-state index contributed by atoms with van der Waals surface area (Å²) in [5.74, 6) is -0.941. The van der Waals surface area contributed by atoms with Crippen molar-refractivity contribution in [1.82, 2.24) is 4.90 Å². The van der Waals surface area contributed by atoms with E-state index in [0.29, 0.717) is 18.7 Å². The van der Waals surface area contributed by atoms with E-state index in [1.807, 2.05) is 0 Å². The first kappa shape index (κ1) is 15.2. The lowest BCUT2D eigenvalue weighted by atomic mass is 9.98. The quantitative estimate of drug-likeness (QED) is 0.885. The summed E-state index contributed by atoms with van der Waals surface area (Å²) in [6, 6.07) is 4.17. The molecule has 0 saturated carbocycles. The molecule has 1 aliphatic rings. The molecule has 0 radical (unpaired) electrons. The Hall–Kier alpha value is -2.24. The van der Waals surface area contributed by atoms with Gasteiger partial charge in [-0.25, -0.2) is 0 Å². The molecule has 2 rings (SSSR count). The van der Waals surface area contributed by atoms with E-state index in [4.69, 9.17) is 9.84 Å². The van der Waals surface area contributed by atoms with E-state index in [1.54, 1.807) is 11.0 Å². The van der Waals surface area contributed by atoms with Crippen LogP contribution < -0.4 is 4.74 Å². The first-order valence-corrected chi connectivity index (χ1v) is 6.92. The molecule has 1 atom stereocenters. The molecular weight excluding hydrogens is 274 g/mol. The van der Waals surface area contributed by atoms with Crippen LogP contribution in [0.1, 0.15) is 36.0 Å². The molecule has 1 saturated heterocycles. The molecule has 0 aliphatic carbocycles. The van der Waals surface area contributed by atoms with E-state index >= 15 is 0 Å². The largest absolute Gasteiger partial charge is 0.507 e. The van der Waals surface area contributed by atoms with Gasteiger partial charge in [-0.15, -0.1) is 0 Å². The Morgan fingerprint density at radius 1 is 1.38 bits per heavy atom. The van der Waals surface area contributed by atoms with E-state index in [2.05, 4.69) is 0 Å². The van der Waals surface area contributed by atoms with Gasteiger partial charge in [0.05, 0.1) is 19.1 Å². The van der Waals surface area contributed by atoms with Gasteiger partial charge in [-0.05, 0) is 31.4 Å². The number of phenolic OH excluding ortho intramolecular Hbond substituents is 1. The first-order valence-electron chi connectivity index (χ1n) is 6.92. The summed E-state index contributed by atoms with van der Waals surface area (Å²) in [6.45, 7) is 0.516. The van der Waals surface area contributed by atoms with E-state index in [1.165, 1.54) is 19.2 Å². The van der Waals surface area contributed by atoms with Gasteiger partial charge in [0.25, 0.3) is 5.91 Å². The van der Waals surface area contributed by atoms with Crippen LogP contribution >= 0.6 is 0 Å². The third kappa shape index (κ3) is 3.45. The molecule has 1 fully saturated rings. The van der Waals surface area contributed by atoms with Crippen LogP contribution in [0.2, 0.25) is 0 Å². The zero-order chi connectivity index (χ0) is 15.4. The maximum absolute atomic E-state index is 12.5. The molecule has 0 aromatic heterocycles. The summed E-state index contributed by atoms with van der Waals surface area (Å²) in [4.78, 5) is 25.0. The Balaban J connectivity index is 2.22. The van der Waals surface area contributed by atoms with E-state index in [0.717, 1.165) is 12.8 Å². The van der Waals surface area contributed by atoms with Crippen LogP contribution in [-0.4, -0.2) is 46.7 Å². The number of aromatic hydroxyl groups is 1. The standard InChI is InChI=1S/C15H19NO5/c1-21-11-5-6-12(13(17)9-11)15(20)16-7-3-2-4-10(16)8-14(18)19/h5-6,9-10,17H,2-4,7-8H2,1H3,(H,18,19). The van der Waals surface area contributed by atoms with Gasteiger partial charge in [-0.1, -0.05) is 0 Å². The number of benzene rings is 1. The number of aliphatic carboxylic acids is 1. The minimum absolute atomic E-state index is 0.0668. The average Bonchev–Trinajstić information content (AvgIpc) is 2.46. The zero-order valence-corrected chi connectivity index (χ0v) is 11.9. The van der Waals surface area contributed by atoms with Crippen LogP contribution in [0.15, 0.2) is 18.2 Å². The smallest absolute Gasteiger partial charge is 0.305 e. The fourth-order valence-electron chi connectivity index (χ4n) is 2.66. The summed E-state index contributed by atoms with van der Waals surface area (Å²) >= 11 is 0. The Bertz CT molecular complexity index is 543. The second kappa shape index (κ2) is 6.47. The number of carbonyl (C=O) groups is 2. The van der Waals surface area contributed by atoms with E-state index in [9.17, 15) is 14.7 Å². The molecule has 1 aliphatic heterocycles. The molecule has 1 amide bonds. The number of phenols is 1. The number of hydrogen-bond donors (Lipinski definition) is 2. The summed E-state index contributed by atoms with van der Waals surface area (Å²) < 4.78 is 4.99. The van der Waals surface area contributed by atoms with Crippen molar-refractivity contribution in [3.05, 3.63) is 23.8 Å². The third-order valence-electron chi connectivity index (χ3n) is 3.73. The zero-order valence-electron chi connectivity index (χ0n) is 11.9. The summed E-state index contributed by atoms with van der Waals surface area (Å²) in [5, 5.41) is 18.9. The highest BCUT2D eigenvalue weighted by Gasteiger charge is 2.30. The Morgan fingerprint density at radius 2 is 2.14 bits per heavy atom. The van der Waals surface area contributed by atoms with Crippen molar-refractivity contribution in [2.24, 2.45) is 0 Å². The lowest BCUT2D eigenvalue weighted by Crippen LogP contribution is -2.44. The van der Waals surface area contributed by atoms with Crippen LogP contribution in [0.25, 0.3) is 0 Å². The molecule has 1 heterocycles. The number of carboxylic acid groups (broad SMARTS) is 1. The lowest BCUT2D eigenvalue weighted by molar-refractivity contribution is -0.138. The predicted octanol–water partition coefficient (Wildman–Crippen LogP) is 1.87. The van der Waals surface area contributed by atoms with Gasteiger partial charge >= 0.3 is 5.97 Å². The molecule has 6 nitrogen and oxygen atoms in total. The molecule has 1 aromatic rings. The highest BCUT2D eigenvalue weighted by molar-refractivity contribution is 5.97. The molecule has 0 bridgehead atoms. The number of methoxy groups -OCH3 is 1. The van der Waals surface area contributed by atoms with Crippen molar-refractivity contribution in [3.8, 4) is 11.5 Å². The van der Waals surface area contributed by atoms with Crippen LogP contribution in [0.5, 0.6) is 11.5 Å². The van der Waals surface area contributed by atoms with Gasteiger partial charge in [0.2, 0.25) is 0 Å². The van der Waals surface area contributed by atoms with E-state index < -0.39 is 5.97 Å². The molecular formula is C15H19NO5. The topological polar surface area (TPSA) is 87.1 Å². The minimum Gasteiger partial charge on any atom is -0.507 e. The SMILES string of the molecule is COc1ccc(C(=O)N2CCCCC2CC(=O)O)c(O)c1. The second-order valence-electron chi connectivity index (χ2n) is 5.13. The third-order valence-corrected chi connectivity index (χ3v) is 3.73. The maximum atomic E-state index is 12.5. The van der Waals surface area contributed by atoms with Gasteiger partial charge in [0.15, 0.2) is 0 Å². The molecule has 1 unspecified atom stereocenters. The van der Waals surface area contributed by atoms with E-state index in [-0.39, 0.29) is 29.7 Å². The van der Waals surface area contributed by atoms with Gasteiger partial charge in [-0.3, -0.25) is 9.59 Å². The van der Waals surface area contributed by atoms with Crippen LogP contribution in [0.4, 0.5) is 0 Å². The van der Waals surface area contributed by atoms with Crippen molar-refractivity contribution in [2.75, 3.05) is 13.7 Å². The maximum Gasteiger partial charge on any atom is 0.305 e. The van der Waals surface area contributed by atoms with Gasteiger partial charge in [0, 0.05) is 18.7 Å². The Morgan fingerprint density at radius 3 is 2.76 bits per heavy atom. The van der Waals surface area contributed by atoms with Crippen molar-refractivity contribution in [2.45, 2.75) is 31.7 Å². The van der Waals surface area contributed by atoms with Crippen LogP contribution in [0, 0.1) is 0 Å². The monoisotopic (exact) mass is 293 g/mol. The number of piperidine rings is 1. The Kier molecular flexibility index (Phi) is 4.67. The number of likely N-dealkylation sites (tertiary alicyclic amines) is 1. The van der Waals surface area contributed by atoms with Gasteiger partial charge in [-0.2, -0.15) is 0 Å². The number of rotatable bonds is 4. The van der Waals surface area contributed by atoms with Gasteiger partial charge < -0.3 is 19.8 Å². The highest BCUT2D eigenvalue weighted by Crippen LogP contribution is 2.28. The lowest BCUT2D eigenvalue weighted by Gasteiger charge is -2.35. The fraction of sp³-hybridized carbons (Fsp3) is 0.467. The van der Waals surface area contributed by atoms with Crippen molar-refractivity contribution in [3.63, 3.8) is 0 Å². The number of nitrogens with zero attached hydrogens (tertiary/aromatic N) is 1. The minimum atomic E-state index is -0.918. The fourth-order valence-corrected chi connectivity index (χ4v) is 2.66. The normalized spacial score (nSPS) is 18.3. The van der Waals surface area contributed by atoms with Crippen LogP contribution in [-0.2, 0) is 4.79 Å². The number of hydrogen-bond acceptors (Lipinski definition) is 4. The molecule has 0 spiro atoms. The Labute approximate surface area is 122 Å². The van der Waals surface area contributed by atoms with Crippen molar-refractivity contribution >= 4 is 11.9 Å². The molecule has 2 N–H and O–H groups in total. The number of carboxylic acids is 1. The summed E-state index contributed by atoms with van der Waals surface area (Å²) in [6.07, 6.45) is 2.37. The number of ether oxygens (including phenoxy) is 1. The summed E-state index contributed by atoms with van der Waals surface area (Å²) in [5.41, 5.74) is 0.174. The molecule has 114 valence electrons. The highest BCUT2D eigenvalue weighted by atomic mass is 16.5. The second-order valence-corrected chi connectivity index (χ2v) is 5.13. The summed E-state index contributed by atoms with van der Waals surface area (Å²) in [7, 11) is 1.48. The van der Waals surface area contributed by atoms with Crippen LogP contribution in [0.3, 0.4) is 0 Å². The van der Waals surface area contributed by atoms with Gasteiger partial charge in [0.1, 0.15) is 11.5 Å². The first-order chi connectivity index (χ1) is 10.0. The average molecular weight is 293 g/mol.